The Morgan fingerprint density at radius 2 is 1.74 bits per heavy atom. The summed E-state index contributed by atoms with van der Waals surface area (Å²) in [6.45, 7) is 5.24. The largest absolute Gasteiger partial charge is 0.493 e. The van der Waals surface area contributed by atoms with Gasteiger partial charge in [-0.3, -0.25) is 0 Å². The fourth-order valence-electron chi connectivity index (χ4n) is 2.10. The number of benzene rings is 1. The summed E-state index contributed by atoms with van der Waals surface area (Å²) in [6.07, 6.45) is 0. The Bertz CT molecular complexity index is 792. The lowest BCUT2D eigenvalue weighted by molar-refractivity contribution is 0.353. The molecule has 8 heteroatoms. The van der Waals surface area contributed by atoms with Gasteiger partial charge in [-0.15, -0.1) is 0 Å². The van der Waals surface area contributed by atoms with Crippen molar-refractivity contribution < 1.29 is 22.3 Å². The lowest BCUT2D eigenvalue weighted by Crippen LogP contribution is -2.24. The van der Waals surface area contributed by atoms with E-state index in [0.29, 0.717) is 28.7 Å². The first-order chi connectivity index (χ1) is 10.8. The maximum atomic E-state index is 12.5. The number of rotatable bonds is 6. The minimum atomic E-state index is -3.74. The number of oxazole rings is 1. The summed E-state index contributed by atoms with van der Waals surface area (Å²) in [7, 11) is -0.785. The molecule has 0 bridgehead atoms. The van der Waals surface area contributed by atoms with Crippen molar-refractivity contribution in [3.63, 3.8) is 0 Å². The molecule has 23 heavy (non-hydrogen) atoms. The van der Waals surface area contributed by atoms with Crippen LogP contribution < -0.4 is 14.2 Å². The summed E-state index contributed by atoms with van der Waals surface area (Å²) < 4.78 is 43.2. The molecule has 1 aromatic heterocycles. The van der Waals surface area contributed by atoms with E-state index in [-0.39, 0.29) is 11.4 Å². The Kier molecular flexibility index (Phi) is 4.96. The summed E-state index contributed by atoms with van der Waals surface area (Å²) in [5.41, 5.74) is 1.29. The third kappa shape index (κ3) is 3.65. The van der Waals surface area contributed by atoms with Crippen LogP contribution in [0.15, 0.2) is 21.4 Å². The molecule has 2 aromatic rings. The van der Waals surface area contributed by atoms with E-state index < -0.39 is 10.0 Å². The number of ether oxygens (including phenoxy) is 2. The smallest absolute Gasteiger partial charge is 0.241 e. The molecular formula is C15H20N2O5S. The number of nitrogens with zero attached hydrogens (tertiary/aromatic N) is 1. The molecule has 0 aliphatic heterocycles. The highest BCUT2D eigenvalue weighted by molar-refractivity contribution is 7.89. The molecule has 7 nitrogen and oxygen atoms in total. The summed E-state index contributed by atoms with van der Waals surface area (Å²) in [4.78, 5) is 4.27. The standard InChI is InChI=1S/C15H20N2O5S/c1-9-6-12(20-4)13(21-5)7-14(9)23(18,19)16-8-15-17-10(2)11(3)22-15/h6-7,16H,8H2,1-5H3. The van der Waals surface area contributed by atoms with Crippen LogP contribution in [0.4, 0.5) is 0 Å². The Hall–Kier alpha value is -2.06. The molecule has 1 N–H and O–H groups in total. The molecule has 0 amide bonds. The van der Waals surface area contributed by atoms with E-state index in [9.17, 15) is 8.42 Å². The van der Waals surface area contributed by atoms with E-state index in [0.717, 1.165) is 5.69 Å². The molecule has 0 aliphatic carbocycles. The van der Waals surface area contributed by atoms with Gasteiger partial charge in [0.15, 0.2) is 11.5 Å². The van der Waals surface area contributed by atoms with Gasteiger partial charge in [0, 0.05) is 6.07 Å². The van der Waals surface area contributed by atoms with E-state index in [4.69, 9.17) is 13.9 Å². The number of hydrogen-bond acceptors (Lipinski definition) is 6. The molecular weight excluding hydrogens is 320 g/mol. The molecule has 0 saturated carbocycles. The first kappa shape index (κ1) is 17.3. The second-order valence-corrected chi connectivity index (χ2v) is 6.78. The minimum absolute atomic E-state index is 0.0230. The highest BCUT2D eigenvalue weighted by Gasteiger charge is 2.21. The zero-order valence-corrected chi connectivity index (χ0v) is 14.6. The van der Waals surface area contributed by atoms with E-state index in [1.165, 1.54) is 20.3 Å². The predicted molar refractivity (Wildman–Crippen MR) is 84.3 cm³/mol. The Balaban J connectivity index is 2.28. The van der Waals surface area contributed by atoms with Crippen LogP contribution in [-0.2, 0) is 16.6 Å². The van der Waals surface area contributed by atoms with E-state index in [2.05, 4.69) is 9.71 Å². The van der Waals surface area contributed by atoms with Crippen molar-refractivity contribution in [3.05, 3.63) is 35.0 Å². The van der Waals surface area contributed by atoms with Gasteiger partial charge in [0.1, 0.15) is 5.76 Å². The van der Waals surface area contributed by atoms with Crippen LogP contribution >= 0.6 is 0 Å². The highest BCUT2D eigenvalue weighted by atomic mass is 32.2. The third-order valence-electron chi connectivity index (χ3n) is 3.46. The van der Waals surface area contributed by atoms with Gasteiger partial charge < -0.3 is 13.9 Å². The second-order valence-electron chi connectivity index (χ2n) is 5.05. The lowest BCUT2D eigenvalue weighted by atomic mass is 10.2. The number of aromatic nitrogens is 1. The fraction of sp³-hybridized carbons (Fsp3) is 0.400. The van der Waals surface area contributed by atoms with Gasteiger partial charge in [-0.05, 0) is 32.4 Å². The average Bonchev–Trinajstić information content (AvgIpc) is 2.83. The molecule has 0 saturated heterocycles. The summed E-state index contributed by atoms with van der Waals surface area (Å²) in [5.74, 6) is 1.81. The molecule has 1 heterocycles. The van der Waals surface area contributed by atoms with E-state index in [1.807, 2.05) is 0 Å². The number of methoxy groups -OCH3 is 2. The van der Waals surface area contributed by atoms with Gasteiger partial charge in [0.25, 0.3) is 0 Å². The van der Waals surface area contributed by atoms with Crippen molar-refractivity contribution in [2.24, 2.45) is 0 Å². The third-order valence-corrected chi connectivity index (χ3v) is 5.00. The van der Waals surface area contributed by atoms with Gasteiger partial charge in [0.05, 0.1) is 31.4 Å². The molecule has 126 valence electrons. The second kappa shape index (κ2) is 6.59. The maximum Gasteiger partial charge on any atom is 0.241 e. The zero-order chi connectivity index (χ0) is 17.2. The predicted octanol–water partition coefficient (Wildman–Crippen LogP) is 2.10. The number of nitrogens with one attached hydrogen (secondary N) is 1. The molecule has 0 atom stereocenters. The van der Waals surface area contributed by atoms with Crippen molar-refractivity contribution in [1.29, 1.82) is 0 Å². The average molecular weight is 340 g/mol. The summed E-state index contributed by atoms with van der Waals surface area (Å²) >= 11 is 0. The summed E-state index contributed by atoms with van der Waals surface area (Å²) in [6, 6.07) is 3.05. The van der Waals surface area contributed by atoms with Gasteiger partial charge in [0.2, 0.25) is 15.9 Å². The van der Waals surface area contributed by atoms with E-state index in [1.54, 1.807) is 26.8 Å². The monoisotopic (exact) mass is 340 g/mol. The number of hydrogen-bond donors (Lipinski definition) is 1. The quantitative estimate of drug-likeness (QED) is 0.866. The topological polar surface area (TPSA) is 90.7 Å². The lowest BCUT2D eigenvalue weighted by Gasteiger charge is -2.13. The van der Waals surface area contributed by atoms with E-state index >= 15 is 0 Å². The van der Waals surface area contributed by atoms with Gasteiger partial charge in [-0.25, -0.2) is 18.1 Å². The van der Waals surface area contributed by atoms with Crippen LogP contribution in [0.2, 0.25) is 0 Å². The Morgan fingerprint density at radius 3 is 2.26 bits per heavy atom. The Labute approximate surface area is 135 Å². The van der Waals surface area contributed by atoms with Crippen LogP contribution in [-0.4, -0.2) is 27.6 Å². The van der Waals surface area contributed by atoms with Crippen molar-refractivity contribution >= 4 is 10.0 Å². The summed E-state index contributed by atoms with van der Waals surface area (Å²) in [5, 5.41) is 0. The first-order valence-corrected chi connectivity index (χ1v) is 8.42. The fourth-order valence-corrected chi connectivity index (χ4v) is 3.31. The SMILES string of the molecule is COc1cc(C)c(S(=O)(=O)NCc2nc(C)c(C)o2)cc1OC. The van der Waals surface area contributed by atoms with Crippen LogP contribution in [0, 0.1) is 20.8 Å². The van der Waals surface area contributed by atoms with Crippen molar-refractivity contribution in [1.82, 2.24) is 9.71 Å². The Morgan fingerprint density at radius 1 is 1.13 bits per heavy atom. The first-order valence-electron chi connectivity index (χ1n) is 6.93. The molecule has 1 aromatic carbocycles. The molecule has 0 unspecified atom stereocenters. The maximum absolute atomic E-state index is 12.5. The highest BCUT2D eigenvalue weighted by Crippen LogP contribution is 2.32. The van der Waals surface area contributed by atoms with Crippen LogP contribution in [0.3, 0.4) is 0 Å². The molecule has 0 aliphatic rings. The minimum Gasteiger partial charge on any atom is -0.493 e. The van der Waals surface area contributed by atoms with Gasteiger partial charge in [-0.1, -0.05) is 0 Å². The van der Waals surface area contributed by atoms with Crippen LogP contribution in [0.1, 0.15) is 22.9 Å². The number of sulfonamides is 1. The van der Waals surface area contributed by atoms with Crippen LogP contribution in [0.5, 0.6) is 11.5 Å². The molecule has 0 fully saturated rings. The number of aryl methyl sites for hydroxylation is 3. The van der Waals surface area contributed by atoms with Crippen molar-refractivity contribution in [2.75, 3.05) is 14.2 Å². The van der Waals surface area contributed by atoms with Gasteiger partial charge >= 0.3 is 0 Å². The molecule has 0 spiro atoms. The van der Waals surface area contributed by atoms with Crippen molar-refractivity contribution in [3.8, 4) is 11.5 Å². The molecule has 2 rings (SSSR count). The van der Waals surface area contributed by atoms with Gasteiger partial charge in [-0.2, -0.15) is 0 Å². The normalized spacial score (nSPS) is 11.5. The van der Waals surface area contributed by atoms with Crippen LogP contribution in [0.25, 0.3) is 0 Å². The molecule has 0 radical (unpaired) electrons. The van der Waals surface area contributed by atoms with Crippen molar-refractivity contribution in [2.45, 2.75) is 32.2 Å². The zero-order valence-electron chi connectivity index (χ0n) is 13.8.